The second-order valence-electron chi connectivity index (χ2n) is 2.72. The fourth-order valence-corrected chi connectivity index (χ4v) is 0.892. The smallest absolute Gasteiger partial charge is 0.435 e. The predicted molar refractivity (Wildman–Crippen MR) is 37.4 cm³/mol. The van der Waals surface area contributed by atoms with Crippen molar-refractivity contribution in [2.45, 2.75) is 19.0 Å². The molecule has 1 N–H and O–H groups in total. The summed E-state index contributed by atoms with van der Waals surface area (Å²) in [4.78, 5) is 10.5. The topological polar surface area (TPSA) is 55.8 Å². The molecule has 2 atom stereocenters. The molecule has 1 aliphatic rings. The van der Waals surface area contributed by atoms with E-state index in [4.69, 9.17) is 5.11 Å². The second kappa shape index (κ2) is 3.45. The highest BCUT2D eigenvalue weighted by Gasteiger charge is 2.68. The Labute approximate surface area is 73.4 Å². The zero-order chi connectivity index (χ0) is 10.1. The summed E-state index contributed by atoms with van der Waals surface area (Å²) >= 11 is 0. The molecule has 2 unspecified atom stereocenters. The zero-order valence-corrected chi connectivity index (χ0v) is 7.00. The van der Waals surface area contributed by atoms with Gasteiger partial charge in [-0.25, -0.2) is 13.6 Å². The molecule has 0 aromatic carbocycles. The van der Waals surface area contributed by atoms with E-state index >= 15 is 0 Å². The molecule has 1 aliphatic carbocycles. The van der Waals surface area contributed by atoms with Gasteiger partial charge in [0.15, 0.2) is 0 Å². The zero-order valence-electron chi connectivity index (χ0n) is 7.00. The summed E-state index contributed by atoms with van der Waals surface area (Å²) in [5.41, 5.74) is 0. The molecule has 13 heavy (non-hydrogen) atoms. The number of halogens is 2. The molecule has 4 nitrogen and oxygen atoms in total. The number of hydrogen-bond donors (Lipinski definition) is 1. The van der Waals surface area contributed by atoms with Gasteiger partial charge in [-0.15, -0.1) is 0 Å². The lowest BCUT2D eigenvalue weighted by Crippen LogP contribution is -2.11. The number of rotatable bonds is 3. The van der Waals surface area contributed by atoms with Crippen molar-refractivity contribution in [2.24, 2.45) is 5.92 Å². The average Bonchev–Trinajstić information content (AvgIpc) is 2.49. The molecule has 0 aromatic rings. The number of carbonyl (C=O) groups excluding carboxylic acids is 1. The third kappa shape index (κ3) is 2.06. The van der Waals surface area contributed by atoms with Crippen LogP contribution in [0.3, 0.4) is 0 Å². The van der Waals surface area contributed by atoms with E-state index in [1.165, 1.54) is 0 Å². The molecule has 0 amide bonds. The summed E-state index contributed by atoms with van der Waals surface area (Å²) in [6.45, 7) is 1.19. The molecule has 0 aromatic heterocycles. The van der Waals surface area contributed by atoms with Crippen molar-refractivity contribution in [1.82, 2.24) is 0 Å². The van der Waals surface area contributed by atoms with Gasteiger partial charge in [0.2, 0.25) is 0 Å². The van der Waals surface area contributed by atoms with Gasteiger partial charge in [0.1, 0.15) is 12.7 Å². The van der Waals surface area contributed by atoms with E-state index in [1.807, 2.05) is 0 Å². The first-order valence-electron chi connectivity index (χ1n) is 3.85. The normalized spacial score (nSPS) is 29.5. The van der Waals surface area contributed by atoms with Crippen LogP contribution in [0.4, 0.5) is 13.6 Å². The minimum absolute atomic E-state index is 0.127. The fourth-order valence-electron chi connectivity index (χ4n) is 0.892. The highest BCUT2D eigenvalue weighted by molar-refractivity contribution is 5.59. The first-order valence-corrected chi connectivity index (χ1v) is 3.85. The van der Waals surface area contributed by atoms with Crippen molar-refractivity contribution >= 4 is 6.16 Å². The van der Waals surface area contributed by atoms with Gasteiger partial charge in [-0.3, -0.25) is 0 Å². The molecule has 6 heteroatoms. The second-order valence-corrected chi connectivity index (χ2v) is 2.72. The maximum atomic E-state index is 12.3. The summed E-state index contributed by atoms with van der Waals surface area (Å²) in [5, 5.41) is 8.61. The lowest BCUT2D eigenvalue weighted by atomic mass is 10.4. The van der Waals surface area contributed by atoms with E-state index < -0.39 is 30.7 Å². The molecule has 0 heterocycles. The Morgan fingerprint density at radius 2 is 2.08 bits per heavy atom. The van der Waals surface area contributed by atoms with Crippen molar-refractivity contribution in [2.75, 3.05) is 13.2 Å². The van der Waals surface area contributed by atoms with Gasteiger partial charge in [-0.05, 0) is 6.92 Å². The molecular weight excluding hydrogens is 186 g/mol. The molecule has 0 bridgehead atoms. The lowest BCUT2D eigenvalue weighted by Gasteiger charge is -2.02. The van der Waals surface area contributed by atoms with Crippen LogP contribution in [0.2, 0.25) is 0 Å². The first kappa shape index (κ1) is 10.2. The molecule has 0 saturated heterocycles. The molecule has 76 valence electrons. The number of carbonyl (C=O) groups is 1. The minimum Gasteiger partial charge on any atom is -0.435 e. The van der Waals surface area contributed by atoms with E-state index in [0.717, 1.165) is 0 Å². The van der Waals surface area contributed by atoms with Gasteiger partial charge in [-0.2, -0.15) is 0 Å². The molecule has 0 radical (unpaired) electrons. The number of aliphatic hydroxyl groups excluding tert-OH is 1. The molecule has 1 fully saturated rings. The van der Waals surface area contributed by atoms with Crippen LogP contribution in [0.15, 0.2) is 0 Å². The molecule has 1 rings (SSSR count). The van der Waals surface area contributed by atoms with Crippen molar-refractivity contribution in [3.63, 3.8) is 0 Å². The van der Waals surface area contributed by atoms with Gasteiger partial charge in [0, 0.05) is 0 Å². The quantitative estimate of drug-likeness (QED) is 0.678. The van der Waals surface area contributed by atoms with Crippen molar-refractivity contribution in [3.8, 4) is 0 Å². The van der Waals surface area contributed by atoms with E-state index in [1.54, 1.807) is 6.92 Å². The van der Waals surface area contributed by atoms with Crippen molar-refractivity contribution in [3.05, 3.63) is 0 Å². The third-order valence-corrected chi connectivity index (χ3v) is 1.80. The number of alkyl halides is 2. The summed E-state index contributed by atoms with van der Waals surface area (Å²) in [6, 6.07) is 0. The Hall–Kier alpha value is -0.910. The predicted octanol–water partition coefficient (Wildman–Crippen LogP) is 0.786. The van der Waals surface area contributed by atoms with Gasteiger partial charge >= 0.3 is 6.16 Å². The Morgan fingerprint density at radius 3 is 2.46 bits per heavy atom. The molecule has 0 spiro atoms. The minimum atomic E-state index is -3.12. The van der Waals surface area contributed by atoms with Crippen molar-refractivity contribution < 1.29 is 28.2 Å². The van der Waals surface area contributed by atoms with Gasteiger partial charge in [0.25, 0.3) is 5.92 Å². The van der Waals surface area contributed by atoms with Crippen LogP contribution in [0, 0.1) is 5.92 Å². The molecular formula is C7H10F2O4. The average molecular weight is 196 g/mol. The highest BCUT2D eigenvalue weighted by atomic mass is 19.3. The Morgan fingerprint density at radius 1 is 1.54 bits per heavy atom. The van der Waals surface area contributed by atoms with E-state index in [-0.39, 0.29) is 6.61 Å². The SMILES string of the molecule is CCOC(=O)OCC1C(O)C1(F)F. The largest absolute Gasteiger partial charge is 0.508 e. The Kier molecular flexibility index (Phi) is 2.70. The fraction of sp³-hybridized carbons (Fsp3) is 0.857. The number of hydrogen-bond acceptors (Lipinski definition) is 4. The van der Waals surface area contributed by atoms with Crippen molar-refractivity contribution in [1.29, 1.82) is 0 Å². The highest BCUT2D eigenvalue weighted by Crippen LogP contribution is 2.48. The van der Waals surface area contributed by atoms with Gasteiger partial charge in [-0.1, -0.05) is 0 Å². The van der Waals surface area contributed by atoms with Crippen LogP contribution < -0.4 is 0 Å². The monoisotopic (exact) mass is 196 g/mol. The van der Waals surface area contributed by atoms with Gasteiger partial charge < -0.3 is 14.6 Å². The summed E-state index contributed by atoms with van der Waals surface area (Å²) in [7, 11) is 0. The number of ether oxygens (including phenoxy) is 2. The molecule has 0 aliphatic heterocycles. The van der Waals surface area contributed by atoms with Crippen LogP contribution in [0.25, 0.3) is 0 Å². The van der Waals surface area contributed by atoms with E-state index in [0.29, 0.717) is 0 Å². The number of aliphatic hydroxyl groups is 1. The Balaban J connectivity index is 2.18. The van der Waals surface area contributed by atoms with Crippen LogP contribution in [0.5, 0.6) is 0 Å². The summed E-state index contributed by atoms with van der Waals surface area (Å²) in [6.07, 6.45) is -2.68. The van der Waals surface area contributed by atoms with Gasteiger partial charge in [0.05, 0.1) is 12.5 Å². The van der Waals surface area contributed by atoms with Crippen LogP contribution in [-0.4, -0.2) is 36.5 Å². The standard InChI is InChI=1S/C7H10F2O4/c1-2-12-6(11)13-3-4-5(10)7(4,8)9/h4-5,10H,2-3H2,1H3. The van der Waals surface area contributed by atoms with Crippen LogP contribution in [0.1, 0.15) is 6.92 Å². The van der Waals surface area contributed by atoms with Crippen LogP contribution >= 0.6 is 0 Å². The summed E-state index contributed by atoms with van der Waals surface area (Å²) < 4.78 is 33.3. The van der Waals surface area contributed by atoms with E-state index in [9.17, 15) is 13.6 Å². The Bertz CT molecular complexity index is 207. The molecule has 1 saturated carbocycles. The lowest BCUT2D eigenvalue weighted by molar-refractivity contribution is 0.0313. The third-order valence-electron chi connectivity index (χ3n) is 1.80. The van der Waals surface area contributed by atoms with E-state index in [2.05, 4.69) is 9.47 Å². The first-order chi connectivity index (χ1) is 6.00. The maximum Gasteiger partial charge on any atom is 0.508 e. The maximum absolute atomic E-state index is 12.3. The van der Waals surface area contributed by atoms with Crippen LogP contribution in [-0.2, 0) is 9.47 Å². The summed E-state index contributed by atoms with van der Waals surface area (Å²) in [5.74, 6) is -4.40.